The molecular weight excluding hydrogens is 286 g/mol. The lowest BCUT2D eigenvalue weighted by Gasteiger charge is -2.38. The molecule has 21 heavy (non-hydrogen) atoms. The van der Waals surface area contributed by atoms with Gasteiger partial charge in [-0.25, -0.2) is 8.42 Å². The molecule has 0 radical (unpaired) electrons. The summed E-state index contributed by atoms with van der Waals surface area (Å²) in [5.41, 5.74) is 1.71. The third-order valence-electron chi connectivity index (χ3n) is 3.65. The van der Waals surface area contributed by atoms with Gasteiger partial charge >= 0.3 is 0 Å². The summed E-state index contributed by atoms with van der Waals surface area (Å²) in [7, 11) is -3.64. The molecule has 2 aromatic rings. The van der Waals surface area contributed by atoms with E-state index in [2.05, 4.69) is 0 Å². The van der Waals surface area contributed by atoms with Crippen LogP contribution in [0.3, 0.4) is 0 Å². The number of Topliss-reactive ketones (excluding diaryl/α,β-unsaturated/α-hetero) is 1. The highest BCUT2D eigenvalue weighted by atomic mass is 32.2. The maximum atomic E-state index is 12.6. The van der Waals surface area contributed by atoms with Gasteiger partial charge in [-0.1, -0.05) is 48.0 Å². The van der Waals surface area contributed by atoms with Crippen LogP contribution in [0, 0.1) is 6.92 Å². The van der Waals surface area contributed by atoms with Crippen LogP contribution < -0.4 is 0 Å². The van der Waals surface area contributed by atoms with Crippen molar-refractivity contribution in [3.8, 4) is 0 Å². The third-order valence-corrected chi connectivity index (χ3v) is 5.47. The van der Waals surface area contributed by atoms with E-state index in [1.807, 2.05) is 13.0 Å². The molecule has 2 aromatic carbocycles. The van der Waals surface area contributed by atoms with Crippen LogP contribution >= 0.6 is 0 Å². The van der Waals surface area contributed by atoms with E-state index >= 15 is 0 Å². The molecule has 0 aliphatic carbocycles. The number of benzene rings is 2. The first kappa shape index (κ1) is 14.0. The molecule has 1 heterocycles. The van der Waals surface area contributed by atoms with E-state index in [1.165, 1.54) is 4.31 Å². The van der Waals surface area contributed by atoms with E-state index in [9.17, 15) is 13.2 Å². The van der Waals surface area contributed by atoms with Crippen molar-refractivity contribution in [1.29, 1.82) is 0 Å². The second-order valence-electron chi connectivity index (χ2n) is 5.14. The van der Waals surface area contributed by atoms with E-state index in [0.29, 0.717) is 5.56 Å². The zero-order chi connectivity index (χ0) is 15.0. The van der Waals surface area contributed by atoms with Gasteiger partial charge in [0.05, 0.1) is 11.4 Å². The van der Waals surface area contributed by atoms with Crippen LogP contribution in [-0.2, 0) is 14.8 Å². The Morgan fingerprint density at radius 2 is 1.62 bits per heavy atom. The van der Waals surface area contributed by atoms with Gasteiger partial charge in [-0.2, -0.15) is 4.31 Å². The van der Waals surface area contributed by atoms with Gasteiger partial charge in [0.2, 0.25) is 10.0 Å². The van der Waals surface area contributed by atoms with E-state index in [-0.39, 0.29) is 17.2 Å². The molecule has 108 valence electrons. The Labute approximate surface area is 124 Å². The molecule has 3 rings (SSSR count). The Balaban J connectivity index is 1.96. The molecule has 1 aliphatic rings. The van der Waals surface area contributed by atoms with Gasteiger partial charge in [0.25, 0.3) is 0 Å². The van der Waals surface area contributed by atoms with Crippen molar-refractivity contribution in [1.82, 2.24) is 4.31 Å². The van der Waals surface area contributed by atoms with Crippen LogP contribution in [-0.4, -0.2) is 25.1 Å². The van der Waals surface area contributed by atoms with Crippen molar-refractivity contribution in [3.05, 3.63) is 65.7 Å². The molecule has 0 amide bonds. The summed E-state index contributed by atoms with van der Waals surface area (Å²) in [5.74, 6) is -0.0723. The lowest BCUT2D eigenvalue weighted by molar-refractivity contribution is -0.131. The number of sulfonamides is 1. The first-order valence-corrected chi connectivity index (χ1v) is 8.10. The van der Waals surface area contributed by atoms with Crippen LogP contribution in [0.1, 0.15) is 17.2 Å². The average Bonchev–Trinajstić information content (AvgIpc) is 2.46. The summed E-state index contributed by atoms with van der Waals surface area (Å²) in [5, 5.41) is 0. The molecule has 0 N–H and O–H groups in total. The van der Waals surface area contributed by atoms with Crippen molar-refractivity contribution >= 4 is 15.8 Å². The van der Waals surface area contributed by atoms with Crippen LogP contribution in [0.5, 0.6) is 0 Å². The predicted molar refractivity (Wildman–Crippen MR) is 79.3 cm³/mol. The van der Waals surface area contributed by atoms with E-state index in [1.54, 1.807) is 48.5 Å². The first-order chi connectivity index (χ1) is 10.00. The molecule has 1 fully saturated rings. The molecular formula is C16H15NO3S. The van der Waals surface area contributed by atoms with Gasteiger partial charge in [-0.05, 0) is 24.6 Å². The minimum absolute atomic E-state index is 0.0598. The Morgan fingerprint density at radius 3 is 2.19 bits per heavy atom. The number of rotatable bonds is 3. The quantitative estimate of drug-likeness (QED) is 0.874. The smallest absolute Gasteiger partial charge is 0.244 e. The minimum atomic E-state index is -3.64. The number of nitrogens with zero attached hydrogens (tertiary/aromatic N) is 1. The summed E-state index contributed by atoms with van der Waals surface area (Å²) >= 11 is 0. The van der Waals surface area contributed by atoms with Crippen LogP contribution in [0.4, 0.5) is 0 Å². The largest absolute Gasteiger partial charge is 0.296 e. The highest BCUT2D eigenvalue weighted by Crippen LogP contribution is 2.35. The predicted octanol–water partition coefficient (Wildman–Crippen LogP) is 2.31. The second kappa shape index (κ2) is 5.09. The second-order valence-corrected chi connectivity index (χ2v) is 7.03. The minimum Gasteiger partial charge on any atom is -0.296 e. The fourth-order valence-corrected chi connectivity index (χ4v) is 4.00. The Kier molecular flexibility index (Phi) is 3.39. The lowest BCUT2D eigenvalue weighted by Crippen LogP contribution is -2.53. The van der Waals surface area contributed by atoms with E-state index in [4.69, 9.17) is 0 Å². The molecule has 0 saturated carbocycles. The lowest BCUT2D eigenvalue weighted by atomic mass is 9.97. The van der Waals surface area contributed by atoms with Gasteiger partial charge < -0.3 is 0 Å². The summed E-state index contributed by atoms with van der Waals surface area (Å²) in [6.45, 7) is 1.84. The molecule has 0 spiro atoms. The number of carbonyl (C=O) groups is 1. The molecule has 0 unspecified atom stereocenters. The third kappa shape index (κ3) is 2.39. The fraction of sp³-hybridized carbons (Fsp3) is 0.188. The molecule has 1 atom stereocenters. The molecule has 4 nitrogen and oxygen atoms in total. The number of hydrogen-bond acceptors (Lipinski definition) is 3. The van der Waals surface area contributed by atoms with Crippen LogP contribution in [0.15, 0.2) is 59.5 Å². The number of carbonyl (C=O) groups excluding carboxylic acids is 1. The van der Waals surface area contributed by atoms with Crippen molar-refractivity contribution in [2.75, 3.05) is 6.54 Å². The Hall–Kier alpha value is -1.98. The van der Waals surface area contributed by atoms with Crippen LogP contribution in [0.25, 0.3) is 0 Å². The highest BCUT2D eigenvalue weighted by molar-refractivity contribution is 7.89. The monoisotopic (exact) mass is 301 g/mol. The van der Waals surface area contributed by atoms with Gasteiger partial charge in [-0.3, -0.25) is 4.79 Å². The summed E-state index contributed by atoms with van der Waals surface area (Å²) in [4.78, 5) is 12.1. The standard InChI is InChI=1S/C16H15NO3S/c1-12-7-9-14(10-8-12)21(19,20)17-11-15(18)16(17)13-5-3-2-4-6-13/h2-10,16H,11H2,1H3/t16-/m1/s1. The summed E-state index contributed by atoms with van der Waals surface area (Å²) < 4.78 is 26.5. The molecule has 5 heteroatoms. The SMILES string of the molecule is Cc1ccc(S(=O)(=O)N2CC(=O)[C@H]2c2ccccc2)cc1. The maximum Gasteiger partial charge on any atom is 0.244 e. The molecule has 0 aromatic heterocycles. The Bertz CT molecular complexity index is 767. The van der Waals surface area contributed by atoms with Gasteiger partial charge in [-0.15, -0.1) is 0 Å². The molecule has 1 aliphatic heterocycles. The topological polar surface area (TPSA) is 54.5 Å². The molecule has 1 saturated heterocycles. The van der Waals surface area contributed by atoms with Gasteiger partial charge in [0.1, 0.15) is 6.04 Å². The number of hydrogen-bond donors (Lipinski definition) is 0. The van der Waals surface area contributed by atoms with Crippen molar-refractivity contribution in [2.24, 2.45) is 0 Å². The summed E-state index contributed by atoms with van der Waals surface area (Å²) in [6, 6.07) is 15.0. The maximum absolute atomic E-state index is 12.6. The number of aryl methyl sites for hydroxylation is 1. The fourth-order valence-electron chi connectivity index (χ4n) is 2.44. The number of ketones is 1. The normalized spacial score (nSPS) is 19.3. The zero-order valence-electron chi connectivity index (χ0n) is 11.6. The van der Waals surface area contributed by atoms with Gasteiger partial charge in [0, 0.05) is 0 Å². The summed E-state index contributed by atoms with van der Waals surface area (Å²) in [6.07, 6.45) is 0. The van der Waals surface area contributed by atoms with Crippen molar-refractivity contribution < 1.29 is 13.2 Å². The van der Waals surface area contributed by atoms with Crippen molar-refractivity contribution in [3.63, 3.8) is 0 Å². The van der Waals surface area contributed by atoms with E-state index in [0.717, 1.165) is 5.56 Å². The van der Waals surface area contributed by atoms with Crippen molar-refractivity contribution in [2.45, 2.75) is 17.9 Å². The average molecular weight is 301 g/mol. The zero-order valence-corrected chi connectivity index (χ0v) is 12.4. The molecule has 0 bridgehead atoms. The first-order valence-electron chi connectivity index (χ1n) is 6.66. The Morgan fingerprint density at radius 1 is 1.00 bits per heavy atom. The van der Waals surface area contributed by atoms with Crippen LogP contribution in [0.2, 0.25) is 0 Å². The highest BCUT2D eigenvalue weighted by Gasteiger charge is 2.46. The van der Waals surface area contributed by atoms with E-state index < -0.39 is 16.1 Å². The van der Waals surface area contributed by atoms with Gasteiger partial charge in [0.15, 0.2) is 5.78 Å².